The number of aryl methyl sites for hydroxylation is 4. The quantitative estimate of drug-likeness (QED) is 0.0448. The van der Waals surface area contributed by atoms with E-state index in [4.69, 9.17) is 26.2 Å². The minimum absolute atomic E-state index is 0.0411. The molecule has 0 atom stereocenters. The molecule has 6 N–H and O–H groups in total. The average Bonchev–Trinajstić information content (AvgIpc) is 4.07. The number of nitrogens with zero attached hydrogens (tertiary/aromatic N) is 9. The number of nitrogens with one attached hydrogen (secondary N) is 2. The second-order valence-corrected chi connectivity index (χ2v) is 18.5. The van der Waals surface area contributed by atoms with Gasteiger partial charge in [-0.1, -0.05) is 32.9 Å². The lowest BCUT2D eigenvalue weighted by atomic mass is 10.1. The van der Waals surface area contributed by atoms with Gasteiger partial charge in [-0.25, -0.2) is 15.0 Å². The summed E-state index contributed by atoms with van der Waals surface area (Å²) in [5, 5.41) is 11.2. The summed E-state index contributed by atoms with van der Waals surface area (Å²) < 4.78 is 11.7. The maximum absolute atomic E-state index is 13.9. The van der Waals surface area contributed by atoms with Gasteiger partial charge in [0.2, 0.25) is 29.6 Å². The van der Waals surface area contributed by atoms with E-state index in [0.717, 1.165) is 29.5 Å². The van der Waals surface area contributed by atoms with Crippen LogP contribution in [0.1, 0.15) is 91.4 Å². The van der Waals surface area contributed by atoms with E-state index in [2.05, 4.69) is 25.6 Å². The smallest absolute Gasteiger partial charge is 0.276 e. The molecule has 0 unspecified atom stereocenters. The number of imidazole rings is 2. The summed E-state index contributed by atoms with van der Waals surface area (Å²) in [7, 11) is 0. The molecule has 1 aliphatic heterocycles. The van der Waals surface area contributed by atoms with Crippen molar-refractivity contribution in [3.05, 3.63) is 80.6 Å². The van der Waals surface area contributed by atoms with Crippen LogP contribution in [0, 0.1) is 19.8 Å². The van der Waals surface area contributed by atoms with E-state index < -0.39 is 17.7 Å². The lowest BCUT2D eigenvalue weighted by Crippen LogP contribution is -2.50. The Morgan fingerprint density at radius 1 is 0.836 bits per heavy atom. The predicted octanol–water partition coefficient (Wildman–Crippen LogP) is 5.49. The van der Waals surface area contributed by atoms with Crippen LogP contribution in [0.3, 0.4) is 0 Å². The first kappa shape index (κ1) is 48.4. The summed E-state index contributed by atoms with van der Waals surface area (Å²) in [5.74, 6) is -1.09. The first-order valence-electron chi connectivity index (χ1n) is 22.2. The van der Waals surface area contributed by atoms with Gasteiger partial charge in [0.25, 0.3) is 11.8 Å². The van der Waals surface area contributed by atoms with Gasteiger partial charge in [0.15, 0.2) is 0 Å². The summed E-state index contributed by atoms with van der Waals surface area (Å²) in [6.07, 6.45) is 6.90. The van der Waals surface area contributed by atoms with Crippen LogP contribution in [0.4, 0.5) is 11.9 Å². The Morgan fingerprint density at radius 2 is 1.45 bits per heavy atom. The number of hydrogen-bond donors (Lipinski definition) is 4. The van der Waals surface area contributed by atoms with Crippen LogP contribution in [-0.2, 0) is 30.8 Å². The highest BCUT2D eigenvalue weighted by Gasteiger charge is 2.25. The van der Waals surface area contributed by atoms with Crippen LogP contribution >= 0.6 is 23.1 Å². The second-order valence-electron chi connectivity index (χ2n) is 16.5. The van der Waals surface area contributed by atoms with Crippen molar-refractivity contribution in [2.75, 3.05) is 56.2 Å². The van der Waals surface area contributed by atoms with E-state index in [1.807, 2.05) is 74.0 Å². The second kappa shape index (κ2) is 20.9. The third-order valence-corrected chi connectivity index (χ3v) is 13.2. The number of nitrogens with two attached hydrogens (primary N) is 2. The molecule has 0 bridgehead atoms. The van der Waals surface area contributed by atoms with Gasteiger partial charge in [-0.3, -0.25) is 44.2 Å². The highest BCUT2D eigenvalue weighted by molar-refractivity contribution is 7.98. The monoisotopic (exact) mass is 951 g/mol. The van der Waals surface area contributed by atoms with Gasteiger partial charge >= 0.3 is 0 Å². The molecule has 5 amide bonds. The van der Waals surface area contributed by atoms with Crippen molar-refractivity contribution >= 4 is 86.6 Å². The lowest BCUT2D eigenvalue weighted by Gasteiger charge is -2.35. The number of rotatable bonds is 19. The van der Waals surface area contributed by atoms with Crippen LogP contribution in [0.5, 0.6) is 5.75 Å². The number of carbonyl (C=O) groups is 5. The van der Waals surface area contributed by atoms with Crippen LogP contribution in [-0.4, -0.2) is 119 Å². The number of amides is 5. The molecule has 6 aromatic rings. The molecule has 19 nitrogen and oxygen atoms in total. The van der Waals surface area contributed by atoms with Crippen molar-refractivity contribution in [2.24, 2.45) is 17.4 Å². The fourth-order valence-electron chi connectivity index (χ4n) is 8.12. The molecule has 67 heavy (non-hydrogen) atoms. The van der Waals surface area contributed by atoms with Gasteiger partial charge < -0.3 is 30.2 Å². The Hall–Kier alpha value is -6.58. The summed E-state index contributed by atoms with van der Waals surface area (Å²) >= 11 is 2.71. The molecule has 4 aromatic heterocycles. The number of anilines is 2. The number of primary amides is 2. The molecule has 7 rings (SSSR count). The number of fused-ring (bicyclic) bond motifs is 2. The van der Waals surface area contributed by atoms with Crippen molar-refractivity contribution in [2.45, 2.75) is 78.9 Å². The zero-order chi connectivity index (χ0) is 48.1. The number of hydrogen-bond acceptors (Lipinski definition) is 13. The summed E-state index contributed by atoms with van der Waals surface area (Å²) in [4.78, 5) is 84.8. The van der Waals surface area contributed by atoms with E-state index >= 15 is 0 Å². The molecule has 5 heterocycles. The van der Waals surface area contributed by atoms with E-state index in [1.165, 1.54) is 23.1 Å². The Balaban J connectivity index is 1.21. The molecule has 0 spiro atoms. The predicted molar refractivity (Wildman–Crippen MR) is 260 cm³/mol. The Morgan fingerprint density at radius 3 is 2.04 bits per heavy atom. The Bertz CT molecular complexity index is 2880. The molecular weight excluding hydrogens is 895 g/mol. The van der Waals surface area contributed by atoms with Crippen LogP contribution < -0.4 is 26.8 Å². The fraction of sp³-hybridized carbons (Fsp3) is 0.413. The van der Waals surface area contributed by atoms with E-state index in [1.54, 1.807) is 35.0 Å². The van der Waals surface area contributed by atoms with E-state index in [9.17, 15) is 24.0 Å². The number of benzene rings is 2. The molecule has 21 heteroatoms. The van der Waals surface area contributed by atoms with Gasteiger partial charge in [-0.05, 0) is 70.2 Å². The van der Waals surface area contributed by atoms with Gasteiger partial charge in [0, 0.05) is 74.3 Å². The largest absolute Gasteiger partial charge is 0.491 e. The van der Waals surface area contributed by atoms with Crippen molar-refractivity contribution in [3.63, 3.8) is 0 Å². The maximum Gasteiger partial charge on any atom is 0.276 e. The zero-order valence-corrected chi connectivity index (χ0v) is 40.5. The molecule has 354 valence electrons. The average molecular weight is 952 g/mol. The van der Waals surface area contributed by atoms with Gasteiger partial charge in [-0.15, -0.1) is 23.1 Å². The Kier molecular flexibility index (Phi) is 15.1. The van der Waals surface area contributed by atoms with Crippen LogP contribution in [0.2, 0.25) is 0 Å². The highest BCUT2D eigenvalue weighted by atomic mass is 32.2. The summed E-state index contributed by atoms with van der Waals surface area (Å²) in [6, 6.07) is 8.19. The third kappa shape index (κ3) is 10.7. The molecule has 1 fully saturated rings. The molecule has 0 aliphatic carbocycles. The number of aromatic nitrogens is 7. The molecule has 1 aliphatic rings. The first-order valence-corrected chi connectivity index (χ1v) is 24.3. The number of ether oxygens (including phenoxy) is 1. The normalized spacial score (nSPS) is 13.3. The fourth-order valence-corrected chi connectivity index (χ4v) is 9.68. The SMILES string of the molecule is CCc1nc(C)sc1C(=O)Nc1nc2cc(C(N)=O)cc(OCCCN3CCN(C(=O)C(C)C)CC3)c2n1C/C=C/Cn1c(NC(=O)c2cc(C)nn2CC)nc2cc(C(N)=O)cc(SC)c21. The van der Waals surface area contributed by atoms with E-state index in [0.29, 0.717) is 88.9 Å². The van der Waals surface area contributed by atoms with Crippen molar-refractivity contribution in [1.29, 1.82) is 0 Å². The standard InChI is InChI=1S/C46H57N13O6S2/c1-8-31-39(67-28(6)49-31)43(63)53-46-50-32-22-29(40(47)60)24-35(65-20-12-13-55-16-18-56(19-17-55)44(64)26(3)4)37(32)57(46)14-10-11-15-58-38-33(23-30(41(48)61)25-36(38)66-7)51-45(58)52-42(62)34-21-27(5)54-59(34)9-2/h10-11,21-26H,8-9,12-20H2,1-7H3,(H2,47,60)(H2,48,61)(H,50,53,63)(H,51,52,62)/b11-10+. The maximum atomic E-state index is 13.9. The number of thiazole rings is 1. The van der Waals surface area contributed by atoms with E-state index in [-0.39, 0.29) is 53.8 Å². The lowest BCUT2D eigenvalue weighted by molar-refractivity contribution is -0.136. The molecular formula is C46H57N13O6S2. The highest BCUT2D eigenvalue weighted by Crippen LogP contribution is 2.34. The number of piperazine rings is 1. The first-order chi connectivity index (χ1) is 32.1. The summed E-state index contributed by atoms with van der Waals surface area (Å²) in [6.45, 7) is 16.2. The van der Waals surface area contributed by atoms with Crippen molar-refractivity contribution in [1.82, 2.24) is 43.7 Å². The van der Waals surface area contributed by atoms with Crippen LogP contribution in [0.15, 0.2) is 47.4 Å². The molecule has 0 radical (unpaired) electrons. The number of thioether (sulfide) groups is 1. The zero-order valence-electron chi connectivity index (χ0n) is 38.8. The number of carbonyl (C=O) groups excluding carboxylic acids is 5. The minimum Gasteiger partial charge on any atom is -0.491 e. The summed E-state index contributed by atoms with van der Waals surface area (Å²) in [5.41, 5.74) is 15.8. The Labute approximate surface area is 396 Å². The third-order valence-electron chi connectivity index (χ3n) is 11.4. The van der Waals surface area contributed by atoms with Crippen LogP contribution in [0.25, 0.3) is 22.1 Å². The molecule has 2 aromatic carbocycles. The molecule has 1 saturated heterocycles. The minimum atomic E-state index is -0.661. The van der Waals surface area contributed by atoms with Crippen molar-refractivity contribution in [3.8, 4) is 5.75 Å². The van der Waals surface area contributed by atoms with Gasteiger partial charge in [0.05, 0.1) is 39.6 Å². The van der Waals surface area contributed by atoms with Gasteiger partial charge in [0.1, 0.15) is 21.8 Å². The molecule has 0 saturated carbocycles. The number of allylic oxidation sites excluding steroid dienone is 2. The van der Waals surface area contributed by atoms with Gasteiger partial charge in [-0.2, -0.15) is 5.10 Å². The topological polar surface area (TPSA) is 244 Å². The van der Waals surface area contributed by atoms with Crippen molar-refractivity contribution < 1.29 is 28.7 Å².